The van der Waals surface area contributed by atoms with Crippen LogP contribution in [0.4, 0.5) is 18.9 Å². The Labute approximate surface area is 168 Å². The highest BCUT2D eigenvalue weighted by Gasteiger charge is 2.31. The van der Waals surface area contributed by atoms with E-state index in [9.17, 15) is 18.0 Å². The predicted molar refractivity (Wildman–Crippen MR) is 106 cm³/mol. The molecule has 1 aliphatic rings. The second-order valence-corrected chi connectivity index (χ2v) is 7.10. The summed E-state index contributed by atoms with van der Waals surface area (Å²) in [6.45, 7) is 7.84. The Morgan fingerprint density at radius 1 is 1.07 bits per heavy atom. The van der Waals surface area contributed by atoms with Gasteiger partial charge < -0.3 is 14.5 Å². The fourth-order valence-electron chi connectivity index (χ4n) is 3.15. The first kappa shape index (κ1) is 20.8. The molecule has 0 atom stereocenters. The van der Waals surface area contributed by atoms with Gasteiger partial charge in [0, 0.05) is 37.4 Å². The highest BCUT2D eigenvalue weighted by Crippen LogP contribution is 2.32. The van der Waals surface area contributed by atoms with E-state index in [1.807, 2.05) is 11.8 Å². The lowest BCUT2D eigenvalue weighted by molar-refractivity contribution is -0.137. The third kappa shape index (κ3) is 5.31. The van der Waals surface area contributed by atoms with Gasteiger partial charge in [-0.15, -0.1) is 0 Å². The number of ether oxygens (including phenoxy) is 1. The van der Waals surface area contributed by atoms with E-state index in [1.54, 1.807) is 35.2 Å². The summed E-state index contributed by atoms with van der Waals surface area (Å²) >= 11 is 0. The number of rotatable bonds is 5. The highest BCUT2D eigenvalue weighted by molar-refractivity contribution is 5.94. The van der Waals surface area contributed by atoms with E-state index in [0.717, 1.165) is 17.7 Å². The molecular weight excluding hydrogens is 381 g/mol. The van der Waals surface area contributed by atoms with Crippen molar-refractivity contribution in [1.29, 1.82) is 0 Å². The van der Waals surface area contributed by atoms with Gasteiger partial charge in [0.2, 0.25) is 0 Å². The molecule has 2 aromatic carbocycles. The van der Waals surface area contributed by atoms with Crippen LogP contribution < -0.4 is 9.64 Å². The minimum absolute atomic E-state index is 0.116. The Morgan fingerprint density at radius 2 is 1.76 bits per heavy atom. The topological polar surface area (TPSA) is 32.8 Å². The van der Waals surface area contributed by atoms with Crippen LogP contribution in [0, 0.1) is 0 Å². The average Bonchev–Trinajstić information content (AvgIpc) is 2.71. The van der Waals surface area contributed by atoms with Crippen molar-refractivity contribution in [2.45, 2.75) is 13.1 Å². The predicted octanol–water partition coefficient (Wildman–Crippen LogP) is 4.62. The first-order valence-corrected chi connectivity index (χ1v) is 9.33. The van der Waals surface area contributed by atoms with Gasteiger partial charge in [0.15, 0.2) is 0 Å². The molecule has 0 spiro atoms. The molecule has 0 bridgehead atoms. The number of carbonyl (C=O) groups is 1. The number of piperazine rings is 1. The lowest BCUT2D eigenvalue weighted by Gasteiger charge is -2.36. The summed E-state index contributed by atoms with van der Waals surface area (Å²) in [6, 6.07) is 12.3. The molecule has 0 aromatic heterocycles. The van der Waals surface area contributed by atoms with E-state index in [2.05, 4.69) is 6.58 Å². The molecule has 7 heteroatoms. The summed E-state index contributed by atoms with van der Waals surface area (Å²) in [5.41, 5.74) is 1.26. The van der Waals surface area contributed by atoms with Crippen molar-refractivity contribution in [3.63, 3.8) is 0 Å². The van der Waals surface area contributed by atoms with E-state index >= 15 is 0 Å². The van der Waals surface area contributed by atoms with Crippen molar-refractivity contribution in [3.05, 3.63) is 71.8 Å². The molecule has 0 unspecified atom stereocenters. The SMILES string of the molecule is C=C(C)COc1cccc(C(=O)N2CCN(c3cccc(C(F)(F)F)c3)CC2)c1. The van der Waals surface area contributed by atoms with Gasteiger partial charge in [0.05, 0.1) is 5.56 Å². The van der Waals surface area contributed by atoms with Crippen LogP contribution in [0.2, 0.25) is 0 Å². The van der Waals surface area contributed by atoms with E-state index in [-0.39, 0.29) is 5.91 Å². The fraction of sp³-hybridized carbons (Fsp3) is 0.318. The van der Waals surface area contributed by atoms with Crippen molar-refractivity contribution in [1.82, 2.24) is 4.90 Å². The maximum absolute atomic E-state index is 12.9. The molecule has 1 fully saturated rings. The summed E-state index contributed by atoms with van der Waals surface area (Å²) in [6.07, 6.45) is -4.37. The molecule has 4 nitrogen and oxygen atoms in total. The van der Waals surface area contributed by atoms with Crippen LogP contribution in [-0.2, 0) is 6.18 Å². The van der Waals surface area contributed by atoms with Crippen molar-refractivity contribution < 1.29 is 22.7 Å². The Balaban J connectivity index is 1.63. The summed E-state index contributed by atoms with van der Waals surface area (Å²) < 4.78 is 44.4. The van der Waals surface area contributed by atoms with Crippen molar-refractivity contribution in [3.8, 4) is 5.75 Å². The quantitative estimate of drug-likeness (QED) is 0.682. The van der Waals surface area contributed by atoms with Crippen LogP contribution in [0.25, 0.3) is 0 Å². The lowest BCUT2D eigenvalue weighted by atomic mass is 10.1. The van der Waals surface area contributed by atoms with E-state index < -0.39 is 11.7 Å². The molecule has 29 heavy (non-hydrogen) atoms. The largest absolute Gasteiger partial charge is 0.489 e. The smallest absolute Gasteiger partial charge is 0.416 e. The van der Waals surface area contributed by atoms with Crippen LogP contribution >= 0.6 is 0 Å². The van der Waals surface area contributed by atoms with Gasteiger partial charge in [-0.2, -0.15) is 13.2 Å². The van der Waals surface area contributed by atoms with Gasteiger partial charge in [-0.25, -0.2) is 0 Å². The first-order chi connectivity index (χ1) is 13.7. The Kier molecular flexibility index (Phi) is 6.15. The van der Waals surface area contributed by atoms with Crippen LogP contribution in [0.5, 0.6) is 5.75 Å². The fourth-order valence-corrected chi connectivity index (χ4v) is 3.15. The van der Waals surface area contributed by atoms with Crippen molar-refractivity contribution in [2.24, 2.45) is 0 Å². The Bertz CT molecular complexity index is 888. The Hall–Kier alpha value is -2.96. The van der Waals surface area contributed by atoms with E-state index in [1.165, 1.54) is 6.07 Å². The summed E-state index contributed by atoms with van der Waals surface area (Å²) in [5, 5.41) is 0. The normalized spacial score (nSPS) is 14.6. The molecule has 1 aliphatic heterocycles. The number of nitrogens with zero attached hydrogens (tertiary/aromatic N) is 2. The van der Waals surface area contributed by atoms with Gasteiger partial charge in [-0.1, -0.05) is 18.7 Å². The second kappa shape index (κ2) is 8.59. The number of amides is 1. The molecule has 1 amide bonds. The van der Waals surface area contributed by atoms with Crippen LogP contribution in [0.15, 0.2) is 60.7 Å². The standard InChI is InChI=1S/C22H23F3N2O2/c1-16(2)15-29-20-8-3-5-17(13-20)21(28)27-11-9-26(10-12-27)19-7-4-6-18(14-19)22(23,24)25/h3-8,13-14H,1,9-12,15H2,2H3. The number of alkyl halides is 3. The maximum Gasteiger partial charge on any atom is 0.416 e. The van der Waals surface area contributed by atoms with E-state index in [4.69, 9.17) is 4.74 Å². The van der Waals surface area contributed by atoms with Crippen LogP contribution in [-0.4, -0.2) is 43.6 Å². The number of hydrogen-bond acceptors (Lipinski definition) is 3. The molecule has 154 valence electrons. The number of carbonyl (C=O) groups excluding carboxylic acids is 1. The van der Waals surface area contributed by atoms with Crippen molar-refractivity contribution >= 4 is 11.6 Å². The monoisotopic (exact) mass is 404 g/mol. The van der Waals surface area contributed by atoms with Crippen molar-refractivity contribution in [2.75, 3.05) is 37.7 Å². The summed E-state index contributed by atoms with van der Waals surface area (Å²) in [5.74, 6) is 0.482. The minimum atomic E-state index is -4.37. The van der Waals surface area contributed by atoms with Crippen LogP contribution in [0.3, 0.4) is 0 Å². The second-order valence-electron chi connectivity index (χ2n) is 7.10. The Morgan fingerprint density at radius 3 is 2.41 bits per heavy atom. The van der Waals surface area contributed by atoms with Crippen LogP contribution in [0.1, 0.15) is 22.8 Å². The van der Waals surface area contributed by atoms with Gasteiger partial charge in [-0.3, -0.25) is 4.79 Å². The highest BCUT2D eigenvalue weighted by atomic mass is 19.4. The zero-order valence-electron chi connectivity index (χ0n) is 16.2. The zero-order valence-corrected chi connectivity index (χ0v) is 16.2. The van der Waals surface area contributed by atoms with Gasteiger partial charge in [0.1, 0.15) is 12.4 Å². The van der Waals surface area contributed by atoms with Gasteiger partial charge >= 0.3 is 6.18 Å². The summed E-state index contributed by atoms with van der Waals surface area (Å²) in [4.78, 5) is 16.4. The zero-order chi connectivity index (χ0) is 21.0. The van der Waals surface area contributed by atoms with Gasteiger partial charge in [-0.05, 0) is 48.9 Å². The minimum Gasteiger partial charge on any atom is -0.489 e. The lowest BCUT2D eigenvalue weighted by Crippen LogP contribution is -2.48. The number of anilines is 1. The molecule has 2 aromatic rings. The number of benzene rings is 2. The molecule has 1 heterocycles. The molecule has 3 rings (SSSR count). The number of hydrogen-bond donors (Lipinski definition) is 0. The summed E-state index contributed by atoms with van der Waals surface area (Å²) in [7, 11) is 0. The molecule has 0 N–H and O–H groups in total. The number of halogens is 3. The molecule has 0 radical (unpaired) electrons. The van der Waals surface area contributed by atoms with E-state index in [0.29, 0.717) is 49.8 Å². The molecule has 0 saturated carbocycles. The maximum atomic E-state index is 12.9. The third-order valence-electron chi connectivity index (χ3n) is 4.67. The molecular formula is C22H23F3N2O2. The third-order valence-corrected chi connectivity index (χ3v) is 4.67. The molecule has 1 saturated heterocycles. The first-order valence-electron chi connectivity index (χ1n) is 9.33. The van der Waals surface area contributed by atoms with Gasteiger partial charge in [0.25, 0.3) is 5.91 Å². The molecule has 0 aliphatic carbocycles. The average molecular weight is 404 g/mol.